The number of nitrogens with one attached hydrogen (secondary N) is 2. The molecule has 30 heavy (non-hydrogen) atoms. The number of rotatable bonds is 5. The SMILES string of the molecule is Cc1ccc(N2C(=O)NC(=O)[C@@H](C=NCCc3c[nH]c4ccccc34)C2=O)cc1C. The second kappa shape index (κ2) is 7.94. The second-order valence-electron chi connectivity index (χ2n) is 7.38. The van der Waals surface area contributed by atoms with Gasteiger partial charge < -0.3 is 4.98 Å². The first-order valence-electron chi connectivity index (χ1n) is 9.76. The molecular formula is C23H22N4O3. The number of urea groups is 1. The number of para-hydroxylation sites is 1. The van der Waals surface area contributed by atoms with Gasteiger partial charge in [-0.2, -0.15) is 0 Å². The van der Waals surface area contributed by atoms with E-state index >= 15 is 0 Å². The number of benzene rings is 2. The van der Waals surface area contributed by atoms with E-state index in [0.717, 1.165) is 32.5 Å². The number of amides is 4. The molecule has 3 aromatic rings. The summed E-state index contributed by atoms with van der Waals surface area (Å²) in [6.07, 6.45) is 3.95. The maximum absolute atomic E-state index is 12.9. The van der Waals surface area contributed by atoms with Crippen LogP contribution in [0.15, 0.2) is 53.7 Å². The van der Waals surface area contributed by atoms with E-state index in [-0.39, 0.29) is 0 Å². The molecule has 0 radical (unpaired) electrons. The van der Waals surface area contributed by atoms with Gasteiger partial charge in [-0.25, -0.2) is 9.69 Å². The predicted molar refractivity (Wildman–Crippen MR) is 116 cm³/mol. The van der Waals surface area contributed by atoms with Gasteiger partial charge in [-0.1, -0.05) is 24.3 Å². The quantitative estimate of drug-likeness (QED) is 0.506. The minimum Gasteiger partial charge on any atom is -0.361 e. The number of barbiturate groups is 1. The third kappa shape index (κ3) is 3.61. The third-order valence-corrected chi connectivity index (χ3v) is 5.39. The number of carbonyl (C=O) groups is 3. The largest absolute Gasteiger partial charge is 0.361 e. The maximum atomic E-state index is 12.9. The molecule has 0 unspecified atom stereocenters. The van der Waals surface area contributed by atoms with Gasteiger partial charge in [0.15, 0.2) is 5.92 Å². The molecule has 1 atom stereocenters. The Balaban J connectivity index is 1.48. The lowest BCUT2D eigenvalue weighted by atomic mass is 10.0. The molecule has 0 spiro atoms. The van der Waals surface area contributed by atoms with Crippen molar-refractivity contribution < 1.29 is 14.4 Å². The average molecular weight is 402 g/mol. The van der Waals surface area contributed by atoms with Crippen LogP contribution in [0, 0.1) is 19.8 Å². The normalized spacial score (nSPS) is 17.2. The van der Waals surface area contributed by atoms with Gasteiger partial charge in [-0.15, -0.1) is 0 Å². The number of imide groups is 2. The molecule has 4 rings (SSSR count). The van der Waals surface area contributed by atoms with Crippen LogP contribution in [-0.4, -0.2) is 35.6 Å². The molecule has 0 aliphatic carbocycles. The van der Waals surface area contributed by atoms with Crippen LogP contribution in [0.1, 0.15) is 16.7 Å². The highest BCUT2D eigenvalue weighted by Crippen LogP contribution is 2.23. The first kappa shape index (κ1) is 19.6. The zero-order valence-electron chi connectivity index (χ0n) is 16.8. The van der Waals surface area contributed by atoms with Crippen molar-refractivity contribution in [2.45, 2.75) is 20.3 Å². The molecule has 0 bridgehead atoms. The van der Waals surface area contributed by atoms with Crippen LogP contribution in [0.25, 0.3) is 10.9 Å². The number of hydrogen-bond acceptors (Lipinski definition) is 4. The molecule has 0 saturated carbocycles. The summed E-state index contributed by atoms with van der Waals surface area (Å²) in [5.74, 6) is -2.38. The third-order valence-electron chi connectivity index (χ3n) is 5.39. The van der Waals surface area contributed by atoms with E-state index < -0.39 is 23.8 Å². The van der Waals surface area contributed by atoms with Crippen LogP contribution in [0.5, 0.6) is 0 Å². The first-order chi connectivity index (χ1) is 14.5. The fourth-order valence-electron chi connectivity index (χ4n) is 3.53. The molecule has 2 heterocycles. The Bertz CT molecular complexity index is 1180. The molecule has 4 amide bonds. The van der Waals surface area contributed by atoms with Crippen LogP contribution in [-0.2, 0) is 16.0 Å². The van der Waals surface area contributed by atoms with Crippen molar-refractivity contribution >= 4 is 40.7 Å². The van der Waals surface area contributed by atoms with Crippen LogP contribution < -0.4 is 10.2 Å². The summed E-state index contributed by atoms with van der Waals surface area (Å²) >= 11 is 0. The Hall–Kier alpha value is -3.74. The molecule has 7 heteroatoms. The molecule has 1 fully saturated rings. The van der Waals surface area contributed by atoms with Gasteiger partial charge in [0.1, 0.15) is 0 Å². The van der Waals surface area contributed by atoms with Crippen LogP contribution >= 0.6 is 0 Å². The number of nitrogens with zero attached hydrogens (tertiary/aromatic N) is 2. The Morgan fingerprint density at radius 1 is 1.07 bits per heavy atom. The van der Waals surface area contributed by atoms with Crippen molar-refractivity contribution in [3.8, 4) is 0 Å². The van der Waals surface area contributed by atoms with E-state index in [0.29, 0.717) is 18.7 Å². The van der Waals surface area contributed by atoms with Gasteiger partial charge in [0.25, 0.3) is 5.91 Å². The molecule has 1 aliphatic heterocycles. The van der Waals surface area contributed by atoms with E-state index in [1.54, 1.807) is 12.1 Å². The number of carbonyl (C=O) groups excluding carboxylic acids is 3. The summed E-state index contributed by atoms with van der Waals surface area (Å²) in [6.45, 7) is 4.28. The maximum Gasteiger partial charge on any atom is 0.335 e. The number of aromatic amines is 1. The zero-order valence-corrected chi connectivity index (χ0v) is 16.8. The fraction of sp³-hybridized carbons (Fsp3) is 0.217. The summed E-state index contributed by atoms with van der Waals surface area (Å²) in [5, 5.41) is 3.38. The highest BCUT2D eigenvalue weighted by molar-refractivity contribution is 6.32. The molecule has 7 nitrogen and oxygen atoms in total. The summed E-state index contributed by atoms with van der Waals surface area (Å²) in [6, 6.07) is 12.5. The number of aromatic nitrogens is 1. The summed E-state index contributed by atoms with van der Waals surface area (Å²) in [7, 11) is 0. The standard InChI is InChI=1S/C23H22N4O3/c1-14-7-8-17(11-15(14)2)27-22(29)19(21(28)26-23(27)30)13-24-10-9-16-12-25-20-6-4-3-5-18(16)20/h3-8,11-13,19,25H,9-10H2,1-2H3,(H,26,28,30)/t19-/m1/s1. The van der Waals surface area contributed by atoms with Gasteiger partial charge >= 0.3 is 6.03 Å². The van der Waals surface area contributed by atoms with Crippen molar-refractivity contribution in [1.29, 1.82) is 0 Å². The number of anilines is 1. The van der Waals surface area contributed by atoms with Gasteiger partial charge in [-0.05, 0) is 55.2 Å². The van der Waals surface area contributed by atoms with E-state index in [2.05, 4.69) is 15.3 Å². The zero-order chi connectivity index (χ0) is 21.3. The van der Waals surface area contributed by atoms with Crippen LogP contribution in [0.2, 0.25) is 0 Å². The summed E-state index contributed by atoms with van der Waals surface area (Å²) in [5.41, 5.74) is 4.62. The predicted octanol–water partition coefficient (Wildman–Crippen LogP) is 3.30. The Morgan fingerprint density at radius 2 is 1.87 bits per heavy atom. The van der Waals surface area contributed by atoms with Crippen molar-refractivity contribution in [3.05, 3.63) is 65.4 Å². The van der Waals surface area contributed by atoms with Gasteiger partial charge in [0, 0.05) is 29.9 Å². The molecule has 2 N–H and O–H groups in total. The fourth-order valence-corrected chi connectivity index (χ4v) is 3.53. The average Bonchev–Trinajstić information content (AvgIpc) is 3.13. The van der Waals surface area contributed by atoms with E-state index in [1.165, 1.54) is 6.21 Å². The lowest BCUT2D eigenvalue weighted by molar-refractivity contribution is -0.131. The number of aryl methyl sites for hydroxylation is 2. The van der Waals surface area contributed by atoms with E-state index in [1.807, 2.05) is 50.4 Å². The minimum atomic E-state index is -1.13. The molecule has 1 aromatic heterocycles. The molecule has 1 aliphatic rings. The lowest BCUT2D eigenvalue weighted by Crippen LogP contribution is -2.58. The van der Waals surface area contributed by atoms with Gasteiger partial charge in [-0.3, -0.25) is 19.9 Å². The van der Waals surface area contributed by atoms with Crippen molar-refractivity contribution in [2.24, 2.45) is 10.9 Å². The topological polar surface area (TPSA) is 94.6 Å². The Labute approximate surface area is 173 Å². The van der Waals surface area contributed by atoms with E-state index in [9.17, 15) is 14.4 Å². The number of aliphatic imine (C=N–C) groups is 1. The van der Waals surface area contributed by atoms with Crippen molar-refractivity contribution in [3.63, 3.8) is 0 Å². The number of hydrogen-bond donors (Lipinski definition) is 2. The highest BCUT2D eigenvalue weighted by Gasteiger charge is 2.40. The number of H-pyrrole nitrogens is 1. The second-order valence-corrected chi connectivity index (χ2v) is 7.38. The summed E-state index contributed by atoms with van der Waals surface area (Å²) < 4.78 is 0. The van der Waals surface area contributed by atoms with Crippen LogP contribution in [0.4, 0.5) is 10.5 Å². The first-order valence-corrected chi connectivity index (χ1v) is 9.76. The highest BCUT2D eigenvalue weighted by atomic mass is 16.2. The molecular weight excluding hydrogens is 380 g/mol. The summed E-state index contributed by atoms with van der Waals surface area (Å²) in [4.78, 5) is 45.9. The lowest BCUT2D eigenvalue weighted by Gasteiger charge is -2.28. The van der Waals surface area contributed by atoms with E-state index in [4.69, 9.17) is 0 Å². The van der Waals surface area contributed by atoms with Crippen molar-refractivity contribution in [1.82, 2.24) is 10.3 Å². The number of fused-ring (bicyclic) bond motifs is 1. The minimum absolute atomic E-state index is 0.427. The Kier molecular flexibility index (Phi) is 5.18. The molecule has 2 aromatic carbocycles. The smallest absolute Gasteiger partial charge is 0.335 e. The van der Waals surface area contributed by atoms with Gasteiger partial charge in [0.2, 0.25) is 5.91 Å². The molecule has 152 valence electrons. The monoisotopic (exact) mass is 402 g/mol. The van der Waals surface area contributed by atoms with Crippen molar-refractivity contribution in [2.75, 3.05) is 11.4 Å². The van der Waals surface area contributed by atoms with Crippen LogP contribution in [0.3, 0.4) is 0 Å². The Morgan fingerprint density at radius 3 is 2.67 bits per heavy atom. The van der Waals surface area contributed by atoms with Gasteiger partial charge in [0.05, 0.1) is 5.69 Å². The molecule has 1 saturated heterocycles.